The van der Waals surface area contributed by atoms with Crippen LogP contribution in [0.4, 0.5) is 5.69 Å². The van der Waals surface area contributed by atoms with Crippen LogP contribution in [0.3, 0.4) is 0 Å². The first-order chi connectivity index (χ1) is 15.3. The molecule has 0 N–H and O–H groups in total. The monoisotopic (exact) mass is 422 g/mol. The molecule has 0 fully saturated rings. The van der Waals surface area contributed by atoms with Crippen molar-refractivity contribution in [2.45, 2.75) is 52.5 Å². The Labute approximate surface area is 193 Å². The van der Waals surface area contributed by atoms with Crippen LogP contribution in [0.25, 0.3) is 6.08 Å². The number of nitrogens with zero attached hydrogens (tertiary/aromatic N) is 2. The number of rotatable bonds is 5. The van der Waals surface area contributed by atoms with Crippen molar-refractivity contribution in [3.8, 4) is 0 Å². The van der Waals surface area contributed by atoms with Crippen molar-refractivity contribution < 1.29 is 0 Å². The zero-order valence-corrected chi connectivity index (χ0v) is 20.0. The fraction of sp³-hybridized carbons (Fsp3) is 0.300. The number of aryl methyl sites for hydroxylation is 1. The van der Waals surface area contributed by atoms with Gasteiger partial charge in [-0.25, -0.2) is 0 Å². The predicted molar refractivity (Wildman–Crippen MR) is 137 cm³/mol. The Kier molecular flexibility index (Phi) is 6.06. The number of hydrogen-bond donors (Lipinski definition) is 0. The number of aromatic nitrogens is 1. The van der Waals surface area contributed by atoms with E-state index < -0.39 is 0 Å². The molecule has 1 aliphatic heterocycles. The molecule has 0 spiro atoms. The summed E-state index contributed by atoms with van der Waals surface area (Å²) in [6.45, 7) is 15.9. The van der Waals surface area contributed by atoms with Gasteiger partial charge in [-0.15, -0.1) is 0 Å². The normalized spacial score (nSPS) is 18.2. The third-order valence-electron chi connectivity index (χ3n) is 6.64. The van der Waals surface area contributed by atoms with E-state index in [2.05, 4.69) is 112 Å². The van der Waals surface area contributed by atoms with E-state index in [9.17, 15) is 0 Å². The third-order valence-corrected chi connectivity index (χ3v) is 6.64. The van der Waals surface area contributed by atoms with Gasteiger partial charge in [0, 0.05) is 12.2 Å². The molecule has 0 aliphatic carbocycles. The van der Waals surface area contributed by atoms with Crippen molar-refractivity contribution in [1.82, 2.24) is 4.98 Å². The van der Waals surface area contributed by atoms with E-state index in [1.165, 1.54) is 33.5 Å². The summed E-state index contributed by atoms with van der Waals surface area (Å²) in [5.74, 6) is 0.431. The molecule has 1 unspecified atom stereocenters. The lowest BCUT2D eigenvalue weighted by Crippen LogP contribution is -2.50. The van der Waals surface area contributed by atoms with Crippen LogP contribution < -0.4 is 4.90 Å². The highest BCUT2D eigenvalue weighted by atomic mass is 15.2. The molecular weight excluding hydrogens is 388 g/mol. The Hall–Kier alpha value is -3.13. The molecule has 2 nitrogen and oxygen atoms in total. The standard InChI is InChI=1S/C30H34N2/c1-21(2)7-9-24-10-12-26(13-11-24)30(6)28-15-8-23(5)19-25(28)17-18-32(30)27-14-16-29(22(3)4)31-20-27/h7-16,19-20,22H,1,17-18H2,2-6H3/b9-7+. The van der Waals surface area contributed by atoms with Crippen LogP contribution in [0.1, 0.15) is 67.1 Å². The number of anilines is 1. The fourth-order valence-electron chi connectivity index (χ4n) is 4.76. The highest BCUT2D eigenvalue weighted by Crippen LogP contribution is 2.43. The molecule has 1 aliphatic rings. The van der Waals surface area contributed by atoms with E-state index in [1.54, 1.807) is 0 Å². The van der Waals surface area contributed by atoms with Gasteiger partial charge in [0.25, 0.3) is 0 Å². The van der Waals surface area contributed by atoms with E-state index in [4.69, 9.17) is 4.98 Å². The largest absolute Gasteiger partial charge is 0.356 e. The van der Waals surface area contributed by atoms with Crippen LogP contribution in [-0.2, 0) is 12.0 Å². The Morgan fingerprint density at radius 3 is 2.47 bits per heavy atom. The van der Waals surface area contributed by atoms with Gasteiger partial charge in [-0.3, -0.25) is 4.98 Å². The summed E-state index contributed by atoms with van der Waals surface area (Å²) in [6.07, 6.45) is 7.28. The molecule has 0 radical (unpaired) electrons. The predicted octanol–water partition coefficient (Wildman–Crippen LogP) is 7.43. The second-order valence-electron chi connectivity index (χ2n) is 9.53. The van der Waals surface area contributed by atoms with Crippen LogP contribution in [0.5, 0.6) is 0 Å². The number of pyridine rings is 1. The number of benzene rings is 2. The maximum absolute atomic E-state index is 4.78. The first-order valence-electron chi connectivity index (χ1n) is 11.6. The van der Waals surface area contributed by atoms with Gasteiger partial charge in [-0.05, 0) is 67.5 Å². The lowest BCUT2D eigenvalue weighted by atomic mass is 9.76. The molecule has 2 heterocycles. The summed E-state index contributed by atoms with van der Waals surface area (Å²) in [5.41, 5.74) is 9.74. The summed E-state index contributed by atoms with van der Waals surface area (Å²) in [4.78, 5) is 7.31. The minimum absolute atomic E-state index is 0.265. The SMILES string of the molecule is C=C(C)/C=C/c1ccc(C2(C)c3ccc(C)cc3CCN2c2ccc(C(C)C)nc2)cc1. The van der Waals surface area contributed by atoms with Crippen molar-refractivity contribution in [2.75, 3.05) is 11.4 Å². The second-order valence-corrected chi connectivity index (χ2v) is 9.53. The molecule has 1 aromatic heterocycles. The maximum atomic E-state index is 4.78. The third kappa shape index (κ3) is 4.14. The fourth-order valence-corrected chi connectivity index (χ4v) is 4.76. The smallest absolute Gasteiger partial charge is 0.0881 e. The van der Waals surface area contributed by atoms with Crippen LogP contribution in [0, 0.1) is 6.92 Å². The molecule has 1 atom stereocenters. The minimum Gasteiger partial charge on any atom is -0.356 e. The first kappa shape index (κ1) is 22.1. The van der Waals surface area contributed by atoms with Gasteiger partial charge in [-0.1, -0.05) is 86.2 Å². The Morgan fingerprint density at radius 2 is 1.84 bits per heavy atom. The highest BCUT2D eigenvalue weighted by molar-refractivity contribution is 5.61. The lowest BCUT2D eigenvalue weighted by Gasteiger charge is -2.48. The molecule has 4 rings (SSSR count). The summed E-state index contributed by atoms with van der Waals surface area (Å²) in [5, 5.41) is 0. The van der Waals surface area contributed by atoms with Crippen LogP contribution in [0.2, 0.25) is 0 Å². The van der Waals surface area contributed by atoms with Crippen LogP contribution in [0.15, 0.2) is 79.0 Å². The van der Waals surface area contributed by atoms with Gasteiger partial charge < -0.3 is 4.90 Å². The highest BCUT2D eigenvalue weighted by Gasteiger charge is 2.40. The van der Waals surface area contributed by atoms with Gasteiger partial charge >= 0.3 is 0 Å². The van der Waals surface area contributed by atoms with E-state index in [1.807, 2.05) is 6.92 Å². The van der Waals surface area contributed by atoms with Gasteiger partial charge in [0.1, 0.15) is 0 Å². The van der Waals surface area contributed by atoms with E-state index in [0.29, 0.717) is 5.92 Å². The molecule has 2 aromatic carbocycles. The topological polar surface area (TPSA) is 16.1 Å². The first-order valence-corrected chi connectivity index (χ1v) is 11.6. The summed E-state index contributed by atoms with van der Waals surface area (Å²) < 4.78 is 0. The average molecular weight is 423 g/mol. The number of hydrogen-bond acceptors (Lipinski definition) is 2. The summed E-state index contributed by atoms with van der Waals surface area (Å²) in [6, 6.07) is 20.3. The van der Waals surface area contributed by atoms with Gasteiger partial charge in [-0.2, -0.15) is 0 Å². The number of allylic oxidation sites excluding steroid dienone is 2. The summed E-state index contributed by atoms with van der Waals surface area (Å²) >= 11 is 0. The minimum atomic E-state index is -0.265. The molecule has 164 valence electrons. The molecule has 0 amide bonds. The van der Waals surface area contributed by atoms with Crippen molar-refractivity contribution >= 4 is 11.8 Å². The quantitative estimate of drug-likeness (QED) is 0.397. The van der Waals surface area contributed by atoms with Crippen molar-refractivity contribution in [3.63, 3.8) is 0 Å². The average Bonchev–Trinajstić information content (AvgIpc) is 2.78. The molecule has 0 saturated heterocycles. The van der Waals surface area contributed by atoms with Crippen molar-refractivity contribution in [3.05, 3.63) is 113 Å². The zero-order chi connectivity index (χ0) is 22.9. The molecule has 3 aromatic rings. The van der Waals surface area contributed by atoms with E-state index >= 15 is 0 Å². The van der Waals surface area contributed by atoms with Crippen molar-refractivity contribution in [2.24, 2.45) is 0 Å². The number of fused-ring (bicyclic) bond motifs is 1. The maximum Gasteiger partial charge on any atom is 0.0881 e. The summed E-state index contributed by atoms with van der Waals surface area (Å²) in [7, 11) is 0. The molecule has 32 heavy (non-hydrogen) atoms. The van der Waals surface area contributed by atoms with Gasteiger partial charge in [0.05, 0.1) is 17.4 Å². The van der Waals surface area contributed by atoms with Crippen LogP contribution in [-0.4, -0.2) is 11.5 Å². The molecular formula is C30H34N2. The van der Waals surface area contributed by atoms with E-state index in [0.717, 1.165) is 24.2 Å². The molecule has 0 saturated carbocycles. The van der Waals surface area contributed by atoms with Crippen LogP contribution >= 0.6 is 0 Å². The second kappa shape index (κ2) is 8.78. The van der Waals surface area contributed by atoms with E-state index in [-0.39, 0.29) is 5.54 Å². The lowest BCUT2D eigenvalue weighted by molar-refractivity contribution is 0.489. The zero-order valence-electron chi connectivity index (χ0n) is 20.0. The molecule has 0 bridgehead atoms. The Balaban J connectivity index is 1.81. The van der Waals surface area contributed by atoms with Gasteiger partial charge in [0.15, 0.2) is 0 Å². The Morgan fingerprint density at radius 1 is 1.09 bits per heavy atom. The van der Waals surface area contributed by atoms with Gasteiger partial charge in [0.2, 0.25) is 0 Å². The molecule has 2 heteroatoms. The van der Waals surface area contributed by atoms with Crippen molar-refractivity contribution in [1.29, 1.82) is 0 Å². The Bertz CT molecular complexity index is 1140.